The molecule has 0 bridgehead atoms. The van der Waals surface area contributed by atoms with Crippen molar-refractivity contribution in [3.8, 4) is 5.75 Å². The number of urea groups is 1. The van der Waals surface area contributed by atoms with E-state index in [1.54, 1.807) is 24.1 Å². The first-order chi connectivity index (χ1) is 10.5. The summed E-state index contributed by atoms with van der Waals surface area (Å²) in [6, 6.07) is 6.60. The Morgan fingerprint density at radius 1 is 1.32 bits per heavy atom. The number of nitrogens with zero attached hydrogens (tertiary/aromatic N) is 1. The minimum absolute atomic E-state index is 0.0622. The summed E-state index contributed by atoms with van der Waals surface area (Å²) >= 11 is 0. The summed E-state index contributed by atoms with van der Waals surface area (Å²) < 4.78 is 5.22. The van der Waals surface area contributed by atoms with Crippen molar-refractivity contribution in [3.05, 3.63) is 24.3 Å². The molecule has 6 nitrogen and oxygen atoms in total. The Bertz CT molecular complexity index is 545. The lowest BCUT2D eigenvalue weighted by molar-refractivity contribution is -0.125. The van der Waals surface area contributed by atoms with Crippen molar-refractivity contribution in [2.75, 3.05) is 19.0 Å². The lowest BCUT2D eigenvalue weighted by atomic mass is 10.2. The molecular formula is C16H23N3O3. The highest BCUT2D eigenvalue weighted by molar-refractivity contribution is 5.95. The average molecular weight is 305 g/mol. The average Bonchev–Trinajstić information content (AvgIpc) is 2.96. The molecule has 0 aliphatic carbocycles. The molecule has 22 heavy (non-hydrogen) atoms. The Hall–Kier alpha value is -2.24. The van der Waals surface area contributed by atoms with Crippen molar-refractivity contribution in [1.82, 2.24) is 10.2 Å². The molecule has 2 rings (SSSR count). The van der Waals surface area contributed by atoms with Gasteiger partial charge in [-0.2, -0.15) is 0 Å². The number of benzene rings is 1. The van der Waals surface area contributed by atoms with E-state index in [2.05, 4.69) is 10.6 Å². The highest BCUT2D eigenvalue weighted by Gasteiger charge is 2.34. The summed E-state index contributed by atoms with van der Waals surface area (Å²) in [6.45, 7) is 4.40. The normalized spacial score (nSPS) is 17.5. The molecule has 6 heteroatoms. The minimum Gasteiger partial charge on any atom is -0.495 e. The lowest BCUT2D eigenvalue weighted by Crippen LogP contribution is -2.48. The van der Waals surface area contributed by atoms with E-state index < -0.39 is 6.04 Å². The number of hydrogen-bond donors (Lipinski definition) is 2. The number of amides is 3. The number of carbonyl (C=O) groups is 2. The predicted octanol–water partition coefficient (Wildman–Crippen LogP) is 2.22. The van der Waals surface area contributed by atoms with Gasteiger partial charge in [0.15, 0.2) is 0 Å². The quantitative estimate of drug-likeness (QED) is 0.896. The second-order valence-electron chi connectivity index (χ2n) is 5.65. The van der Waals surface area contributed by atoms with Crippen molar-refractivity contribution in [2.45, 2.75) is 38.8 Å². The highest BCUT2D eigenvalue weighted by atomic mass is 16.5. The zero-order valence-corrected chi connectivity index (χ0v) is 13.3. The van der Waals surface area contributed by atoms with Gasteiger partial charge in [0.25, 0.3) is 0 Å². The third kappa shape index (κ3) is 3.69. The van der Waals surface area contributed by atoms with Crippen molar-refractivity contribution >= 4 is 17.6 Å². The van der Waals surface area contributed by atoms with Gasteiger partial charge >= 0.3 is 6.03 Å². The topological polar surface area (TPSA) is 70.7 Å². The van der Waals surface area contributed by atoms with Crippen molar-refractivity contribution in [1.29, 1.82) is 0 Å². The molecule has 3 amide bonds. The maximum atomic E-state index is 12.5. The van der Waals surface area contributed by atoms with Crippen LogP contribution in [0.25, 0.3) is 0 Å². The summed E-state index contributed by atoms with van der Waals surface area (Å²) in [4.78, 5) is 26.2. The van der Waals surface area contributed by atoms with Crippen LogP contribution in [-0.4, -0.2) is 42.6 Å². The molecule has 0 saturated carbocycles. The number of ether oxygens (including phenoxy) is 1. The van der Waals surface area contributed by atoms with Crippen LogP contribution in [0.2, 0.25) is 0 Å². The number of methoxy groups -OCH3 is 1. The number of hydrogen-bond acceptors (Lipinski definition) is 3. The standard InChI is InChI=1S/C16H23N3O3/c1-11(2)17-15(20)13-8-6-10-19(13)16(21)18-12-7-4-5-9-14(12)22-3/h4-5,7,9,11,13H,6,8,10H2,1-3H3,(H,17,20)(H,18,21)/t13-/m0/s1. The van der Waals surface area contributed by atoms with Crippen molar-refractivity contribution < 1.29 is 14.3 Å². The van der Waals surface area contributed by atoms with E-state index in [0.29, 0.717) is 24.4 Å². The molecule has 1 saturated heterocycles. The molecule has 1 aliphatic heterocycles. The Balaban J connectivity index is 2.06. The molecule has 0 aromatic heterocycles. The van der Waals surface area contributed by atoms with Crippen LogP contribution in [-0.2, 0) is 4.79 Å². The van der Waals surface area contributed by atoms with Crippen LogP contribution in [0.1, 0.15) is 26.7 Å². The summed E-state index contributed by atoms with van der Waals surface area (Å²) in [5.41, 5.74) is 0.602. The third-order valence-electron chi connectivity index (χ3n) is 3.60. The zero-order chi connectivity index (χ0) is 16.1. The lowest BCUT2D eigenvalue weighted by Gasteiger charge is -2.25. The van der Waals surface area contributed by atoms with Gasteiger partial charge in [-0.25, -0.2) is 4.79 Å². The molecule has 1 aromatic rings. The number of anilines is 1. The van der Waals surface area contributed by atoms with E-state index in [-0.39, 0.29) is 18.0 Å². The fourth-order valence-electron chi connectivity index (χ4n) is 2.60. The number of para-hydroxylation sites is 2. The monoisotopic (exact) mass is 305 g/mol. The largest absolute Gasteiger partial charge is 0.495 e. The predicted molar refractivity (Wildman–Crippen MR) is 85.0 cm³/mol. The molecule has 120 valence electrons. The van der Waals surface area contributed by atoms with Crippen LogP contribution < -0.4 is 15.4 Å². The maximum Gasteiger partial charge on any atom is 0.322 e. The number of rotatable bonds is 4. The molecular weight excluding hydrogens is 282 g/mol. The van der Waals surface area contributed by atoms with Crippen molar-refractivity contribution in [2.24, 2.45) is 0 Å². The smallest absolute Gasteiger partial charge is 0.322 e. The maximum absolute atomic E-state index is 12.5. The summed E-state index contributed by atoms with van der Waals surface area (Å²) in [5.74, 6) is 0.501. The van der Waals surface area contributed by atoms with E-state index in [1.807, 2.05) is 26.0 Å². The van der Waals surface area contributed by atoms with E-state index in [1.165, 1.54) is 0 Å². The fraction of sp³-hybridized carbons (Fsp3) is 0.500. The molecule has 0 radical (unpaired) electrons. The number of nitrogens with one attached hydrogen (secondary N) is 2. The van der Waals surface area contributed by atoms with E-state index in [4.69, 9.17) is 4.74 Å². The summed E-state index contributed by atoms with van der Waals surface area (Å²) in [6.07, 6.45) is 1.52. The van der Waals surface area contributed by atoms with E-state index in [0.717, 1.165) is 6.42 Å². The van der Waals surface area contributed by atoms with Gasteiger partial charge in [0.2, 0.25) is 5.91 Å². The number of likely N-dealkylation sites (tertiary alicyclic amines) is 1. The summed E-state index contributed by atoms with van der Waals surface area (Å²) in [5, 5.41) is 5.69. The molecule has 1 aromatic carbocycles. The van der Waals surface area contributed by atoms with Gasteiger partial charge in [0.05, 0.1) is 12.8 Å². The molecule has 2 N–H and O–H groups in total. The van der Waals surface area contributed by atoms with Gasteiger partial charge in [-0.15, -0.1) is 0 Å². The Kier molecular flexibility index (Phi) is 5.25. The Morgan fingerprint density at radius 3 is 2.73 bits per heavy atom. The Labute approximate surface area is 130 Å². The zero-order valence-electron chi connectivity index (χ0n) is 13.3. The van der Waals surface area contributed by atoms with Crippen molar-refractivity contribution in [3.63, 3.8) is 0 Å². The van der Waals surface area contributed by atoms with E-state index in [9.17, 15) is 9.59 Å². The second kappa shape index (κ2) is 7.15. The first kappa shape index (κ1) is 16.1. The highest BCUT2D eigenvalue weighted by Crippen LogP contribution is 2.25. The van der Waals surface area contributed by atoms with Crippen LogP contribution in [0.5, 0.6) is 5.75 Å². The van der Waals surface area contributed by atoms with Crippen LogP contribution >= 0.6 is 0 Å². The molecule has 1 fully saturated rings. The molecule has 0 unspecified atom stereocenters. The fourth-order valence-corrected chi connectivity index (χ4v) is 2.60. The SMILES string of the molecule is COc1ccccc1NC(=O)N1CCC[C@H]1C(=O)NC(C)C. The van der Waals surface area contributed by atoms with Gasteiger partial charge < -0.3 is 20.3 Å². The molecule has 0 spiro atoms. The Morgan fingerprint density at radius 2 is 2.05 bits per heavy atom. The molecule has 1 heterocycles. The van der Waals surface area contributed by atoms with Gasteiger partial charge in [-0.1, -0.05) is 12.1 Å². The molecule has 1 atom stereocenters. The summed E-state index contributed by atoms with van der Waals surface area (Å²) in [7, 11) is 1.56. The molecule has 1 aliphatic rings. The second-order valence-corrected chi connectivity index (χ2v) is 5.65. The van der Waals surface area contributed by atoms with Gasteiger partial charge in [-0.3, -0.25) is 4.79 Å². The van der Waals surface area contributed by atoms with Crippen LogP contribution in [0.3, 0.4) is 0 Å². The number of carbonyl (C=O) groups excluding carboxylic acids is 2. The van der Waals surface area contributed by atoms with Crippen LogP contribution in [0, 0.1) is 0 Å². The van der Waals surface area contributed by atoms with Gasteiger partial charge in [0.1, 0.15) is 11.8 Å². The third-order valence-corrected chi connectivity index (χ3v) is 3.60. The van der Waals surface area contributed by atoms with Gasteiger partial charge in [0, 0.05) is 12.6 Å². The van der Waals surface area contributed by atoms with Crippen LogP contribution in [0.15, 0.2) is 24.3 Å². The first-order valence-electron chi connectivity index (χ1n) is 7.54. The van der Waals surface area contributed by atoms with E-state index >= 15 is 0 Å². The first-order valence-corrected chi connectivity index (χ1v) is 7.54. The van der Waals surface area contributed by atoms with Crippen LogP contribution in [0.4, 0.5) is 10.5 Å². The van der Waals surface area contributed by atoms with Gasteiger partial charge in [-0.05, 0) is 38.8 Å². The minimum atomic E-state index is -0.405.